The molecular weight excluding hydrogens is 556 g/mol. The van der Waals surface area contributed by atoms with Crippen molar-refractivity contribution >= 4 is 57.6 Å². The summed E-state index contributed by atoms with van der Waals surface area (Å²) >= 11 is 5.04. The summed E-state index contributed by atoms with van der Waals surface area (Å²) in [4.78, 5) is 53.2. The maximum absolute atomic E-state index is 11.8. The number of fused-ring (bicyclic) bond motifs is 2. The van der Waals surface area contributed by atoms with Gasteiger partial charge < -0.3 is 20.5 Å². The van der Waals surface area contributed by atoms with Gasteiger partial charge in [0.1, 0.15) is 16.9 Å². The van der Waals surface area contributed by atoms with Gasteiger partial charge in [0.15, 0.2) is 17.1 Å². The van der Waals surface area contributed by atoms with Gasteiger partial charge >= 0.3 is 11.9 Å². The second kappa shape index (κ2) is 13.2. The summed E-state index contributed by atoms with van der Waals surface area (Å²) in [6.07, 6.45) is 9.78. The van der Waals surface area contributed by atoms with Crippen LogP contribution in [-0.4, -0.2) is 65.5 Å². The van der Waals surface area contributed by atoms with Crippen molar-refractivity contribution in [1.82, 2.24) is 29.2 Å². The van der Waals surface area contributed by atoms with Crippen molar-refractivity contribution < 1.29 is 28.7 Å². The Labute approximate surface area is 239 Å². The van der Waals surface area contributed by atoms with Crippen molar-refractivity contribution in [3.8, 4) is 0 Å². The van der Waals surface area contributed by atoms with Gasteiger partial charge in [-0.25, -0.2) is 19.6 Å². The van der Waals surface area contributed by atoms with Crippen LogP contribution in [-0.2, 0) is 19.1 Å². The number of hydrogen-bond donors (Lipinski definition) is 2. The molecule has 4 aromatic heterocycles. The lowest BCUT2D eigenvalue weighted by Crippen LogP contribution is -2.15. The largest absolute Gasteiger partial charge is 0.462 e. The molecule has 15 heteroatoms. The molecule has 1 amide bonds. The van der Waals surface area contributed by atoms with Gasteiger partial charge in [-0.15, -0.1) is 0 Å². The Bertz CT molecular complexity index is 1580. The van der Waals surface area contributed by atoms with Crippen molar-refractivity contribution in [2.45, 2.75) is 39.5 Å². The number of halogens is 1. The minimum atomic E-state index is -0.453. The number of ether oxygens (including phenoxy) is 2. The van der Waals surface area contributed by atoms with Crippen molar-refractivity contribution in [2.75, 3.05) is 24.3 Å². The zero-order valence-corrected chi connectivity index (χ0v) is 23.2. The van der Waals surface area contributed by atoms with Crippen molar-refractivity contribution in [2.24, 2.45) is 11.8 Å². The Morgan fingerprint density at radius 2 is 1.39 bits per heavy atom. The summed E-state index contributed by atoms with van der Waals surface area (Å²) in [6.45, 7) is 4.10. The summed E-state index contributed by atoms with van der Waals surface area (Å²) < 4.78 is 12.7. The second-order valence-corrected chi connectivity index (χ2v) is 9.44. The zero-order valence-electron chi connectivity index (χ0n) is 22.4. The predicted octanol–water partition coefficient (Wildman–Crippen LogP) is 2.90. The molecule has 41 heavy (non-hydrogen) atoms. The lowest BCUT2D eigenvalue weighted by Gasteiger charge is -2.05. The minimum Gasteiger partial charge on any atom is -0.462 e. The summed E-state index contributed by atoms with van der Waals surface area (Å²) in [5.74, 6) is 0.260. The number of carbonyl (C=O) groups excluding carboxylic acids is 4. The number of nitrogens with zero attached hydrogens (tertiary/aromatic N) is 6. The molecule has 2 saturated carbocycles. The SMILES string of the molecule is CCOC(=O)c1ccnn2c(N)cnc12.CCOC(=O)c1ccnn2c(NC(=O)C3CC3)cnc12.O=C(Cl)C1CC1. The number of anilines is 2. The van der Waals surface area contributed by atoms with Crippen molar-refractivity contribution in [3.05, 3.63) is 48.0 Å². The van der Waals surface area contributed by atoms with Gasteiger partial charge in [0.2, 0.25) is 11.1 Å². The first kappa shape index (κ1) is 29.4. The number of esters is 2. The number of imidazole rings is 2. The summed E-state index contributed by atoms with van der Waals surface area (Å²) in [5.41, 5.74) is 7.08. The maximum atomic E-state index is 11.8. The molecule has 0 atom stereocenters. The van der Waals surface area contributed by atoms with E-state index in [4.69, 9.17) is 26.8 Å². The van der Waals surface area contributed by atoms with E-state index < -0.39 is 11.9 Å². The average Bonchev–Trinajstić information content (AvgIpc) is 3.90. The molecule has 2 aliphatic carbocycles. The Balaban J connectivity index is 0.000000161. The van der Waals surface area contributed by atoms with E-state index in [1.165, 1.54) is 33.8 Å². The number of amides is 1. The van der Waals surface area contributed by atoms with Crippen molar-refractivity contribution in [3.63, 3.8) is 0 Å². The molecule has 3 N–H and O–H groups in total. The van der Waals surface area contributed by atoms with E-state index in [9.17, 15) is 19.2 Å². The number of nitrogens with one attached hydrogen (secondary N) is 1. The lowest BCUT2D eigenvalue weighted by molar-refractivity contribution is -0.117. The summed E-state index contributed by atoms with van der Waals surface area (Å²) in [7, 11) is 0. The van der Waals surface area contributed by atoms with E-state index >= 15 is 0 Å². The van der Waals surface area contributed by atoms with E-state index in [-0.39, 0.29) is 23.0 Å². The molecule has 0 bridgehead atoms. The fourth-order valence-electron chi connectivity index (χ4n) is 3.51. The molecule has 6 rings (SSSR count). The van der Waals surface area contributed by atoms with Crippen molar-refractivity contribution in [1.29, 1.82) is 0 Å². The minimum absolute atomic E-state index is 0.0323. The first-order chi connectivity index (χ1) is 19.7. The van der Waals surface area contributed by atoms with Gasteiger partial charge in [-0.05, 0) is 63.3 Å². The molecule has 216 valence electrons. The van der Waals surface area contributed by atoms with E-state index in [1.807, 2.05) is 0 Å². The van der Waals surface area contributed by atoms with E-state index in [2.05, 4.69) is 25.5 Å². The third kappa shape index (κ3) is 7.33. The van der Waals surface area contributed by atoms with Crippen LogP contribution in [0.3, 0.4) is 0 Å². The van der Waals surface area contributed by atoms with Gasteiger partial charge in [0, 0.05) is 24.2 Å². The van der Waals surface area contributed by atoms with Crippen LogP contribution in [0.2, 0.25) is 0 Å². The Morgan fingerprint density at radius 1 is 0.878 bits per heavy atom. The Kier molecular flexibility index (Phi) is 9.45. The van der Waals surface area contributed by atoms with Gasteiger partial charge in [-0.3, -0.25) is 9.59 Å². The van der Waals surface area contributed by atoms with Gasteiger partial charge in [-0.2, -0.15) is 19.2 Å². The van der Waals surface area contributed by atoms with Crippen LogP contribution in [0.4, 0.5) is 11.6 Å². The van der Waals surface area contributed by atoms with E-state index in [0.717, 1.165) is 25.7 Å². The number of aromatic nitrogens is 6. The van der Waals surface area contributed by atoms with Gasteiger partial charge in [0.05, 0.1) is 25.6 Å². The lowest BCUT2D eigenvalue weighted by atomic mass is 10.3. The molecule has 0 radical (unpaired) electrons. The van der Waals surface area contributed by atoms with Crippen LogP contribution in [0.5, 0.6) is 0 Å². The van der Waals surface area contributed by atoms with Crippen LogP contribution in [0.1, 0.15) is 60.2 Å². The van der Waals surface area contributed by atoms with Gasteiger partial charge in [0.25, 0.3) is 0 Å². The Hall–Kier alpha value is -4.59. The van der Waals surface area contributed by atoms with E-state index in [1.54, 1.807) is 26.0 Å². The number of carbonyl (C=O) groups is 4. The third-order valence-electron chi connectivity index (χ3n) is 5.92. The molecule has 0 saturated heterocycles. The molecule has 0 aromatic carbocycles. The number of nitrogen functional groups attached to an aromatic ring is 1. The third-order valence-corrected chi connectivity index (χ3v) is 6.23. The van der Waals surface area contributed by atoms with Crippen LogP contribution in [0.25, 0.3) is 11.3 Å². The van der Waals surface area contributed by atoms with Crippen LogP contribution < -0.4 is 11.1 Å². The highest BCUT2D eigenvalue weighted by molar-refractivity contribution is 6.64. The molecular formula is C26H29ClN8O6. The number of nitrogens with two attached hydrogens (primary N) is 1. The maximum Gasteiger partial charge on any atom is 0.342 e. The fraction of sp³-hybridized carbons (Fsp3) is 0.385. The highest BCUT2D eigenvalue weighted by Gasteiger charge is 2.30. The normalized spacial score (nSPS) is 13.8. The van der Waals surface area contributed by atoms with Gasteiger partial charge in [-0.1, -0.05) is 0 Å². The number of rotatable bonds is 7. The molecule has 4 heterocycles. The molecule has 14 nitrogen and oxygen atoms in total. The highest BCUT2D eigenvalue weighted by atomic mass is 35.5. The highest BCUT2D eigenvalue weighted by Crippen LogP contribution is 2.31. The van der Waals surface area contributed by atoms with E-state index in [0.29, 0.717) is 47.3 Å². The first-order valence-electron chi connectivity index (χ1n) is 13.0. The van der Waals surface area contributed by atoms with Crippen LogP contribution >= 0.6 is 11.6 Å². The Morgan fingerprint density at radius 3 is 1.88 bits per heavy atom. The van der Waals surface area contributed by atoms with Crippen LogP contribution in [0.15, 0.2) is 36.9 Å². The number of hydrogen-bond acceptors (Lipinski definition) is 11. The molecule has 2 aliphatic rings. The standard InChI is InChI=1S/C13H14N4O3.C9H10N4O2.C4H5ClO/c1-2-20-13(19)9-5-6-15-17-10(7-14-11(9)17)16-12(18)8-3-4-8;1-2-15-9(14)6-3-4-12-13-7(10)5-11-8(6)13;5-4(6)3-1-2-3/h5-8H,2-4H2,1H3,(H,16,18);3-5H,2,10H2,1H3;3H,1-2H2. The second-order valence-electron chi connectivity index (χ2n) is 9.07. The molecule has 2 fully saturated rings. The fourth-order valence-corrected chi connectivity index (χ4v) is 3.73. The first-order valence-corrected chi connectivity index (χ1v) is 13.4. The summed E-state index contributed by atoms with van der Waals surface area (Å²) in [5, 5.41) is 10.7. The molecule has 4 aromatic rings. The monoisotopic (exact) mass is 584 g/mol. The van der Waals surface area contributed by atoms with Crippen LogP contribution in [0, 0.1) is 11.8 Å². The molecule has 0 unspecified atom stereocenters. The average molecular weight is 585 g/mol. The zero-order chi connectivity index (χ0) is 29.5. The quantitative estimate of drug-likeness (QED) is 0.240. The smallest absolute Gasteiger partial charge is 0.342 e. The topological polar surface area (TPSA) is 185 Å². The predicted molar refractivity (Wildman–Crippen MR) is 147 cm³/mol. The summed E-state index contributed by atoms with van der Waals surface area (Å²) in [6, 6.07) is 3.10. The molecule has 0 aliphatic heterocycles. The molecule has 0 spiro atoms.